The van der Waals surface area contributed by atoms with E-state index in [1.807, 2.05) is 0 Å². The van der Waals surface area contributed by atoms with Gasteiger partial charge in [0.25, 0.3) is 0 Å². The summed E-state index contributed by atoms with van der Waals surface area (Å²) in [4.78, 5) is 36.6. The average molecular weight is 344 g/mol. The highest BCUT2D eigenvalue weighted by molar-refractivity contribution is 5.83. The van der Waals surface area contributed by atoms with E-state index in [1.165, 1.54) is 0 Å². The van der Waals surface area contributed by atoms with Crippen LogP contribution in [0.15, 0.2) is 0 Å². The number of hydrogen-bond acceptors (Lipinski definition) is 5. The zero-order chi connectivity index (χ0) is 18.9. The third-order valence-electron chi connectivity index (χ3n) is 3.30. The Balaban J connectivity index is 3.17. The van der Waals surface area contributed by atoms with Crippen LogP contribution in [-0.4, -0.2) is 57.1 Å². The molecule has 138 valence electrons. The molecule has 1 rings (SSSR count). The van der Waals surface area contributed by atoms with Crippen LogP contribution in [0.25, 0.3) is 0 Å². The minimum atomic E-state index is -1.19. The first kappa shape index (κ1) is 20.1. The zero-order valence-electron chi connectivity index (χ0n) is 15.5. The molecule has 1 aliphatic heterocycles. The van der Waals surface area contributed by atoms with Gasteiger partial charge in [-0.3, -0.25) is 0 Å². The van der Waals surface area contributed by atoms with Crippen molar-refractivity contribution in [3.8, 4) is 0 Å². The number of carboxylic acids is 1. The van der Waals surface area contributed by atoms with Crippen molar-refractivity contribution in [3.05, 3.63) is 0 Å². The van der Waals surface area contributed by atoms with E-state index in [2.05, 4.69) is 0 Å². The van der Waals surface area contributed by atoms with Crippen LogP contribution in [0, 0.1) is 5.92 Å². The summed E-state index contributed by atoms with van der Waals surface area (Å²) < 4.78 is 10.6. The van der Waals surface area contributed by atoms with E-state index in [9.17, 15) is 19.5 Å². The smallest absolute Gasteiger partial charge is 0.430 e. The first-order valence-electron chi connectivity index (χ1n) is 7.98. The Labute approximate surface area is 142 Å². The van der Waals surface area contributed by atoms with Crippen molar-refractivity contribution in [2.75, 3.05) is 6.54 Å². The molecular formula is C16H28N2O6. The van der Waals surface area contributed by atoms with E-state index in [1.54, 1.807) is 48.5 Å². The average Bonchev–Trinajstić information content (AvgIpc) is 2.33. The number of aliphatic carboxylic acids is 1. The maximum Gasteiger partial charge on any atom is 0.430 e. The van der Waals surface area contributed by atoms with Crippen molar-refractivity contribution < 1.29 is 29.0 Å². The molecule has 1 fully saturated rings. The summed E-state index contributed by atoms with van der Waals surface area (Å²) in [5, 5.41) is 11.4. The summed E-state index contributed by atoms with van der Waals surface area (Å²) in [6, 6.07) is -1.19. The number of ether oxygens (including phenoxy) is 2. The fourth-order valence-electron chi connectivity index (χ4n) is 2.35. The van der Waals surface area contributed by atoms with Gasteiger partial charge in [-0.05, 0) is 53.9 Å². The van der Waals surface area contributed by atoms with Crippen molar-refractivity contribution in [1.82, 2.24) is 10.0 Å². The van der Waals surface area contributed by atoms with Gasteiger partial charge in [0.05, 0.1) is 0 Å². The number of amides is 2. The van der Waals surface area contributed by atoms with Gasteiger partial charge in [-0.1, -0.05) is 6.92 Å². The van der Waals surface area contributed by atoms with E-state index in [-0.39, 0.29) is 12.5 Å². The third kappa shape index (κ3) is 5.28. The lowest BCUT2D eigenvalue weighted by atomic mass is 9.95. The zero-order valence-corrected chi connectivity index (χ0v) is 15.5. The Hall–Kier alpha value is -1.99. The number of carbonyl (C=O) groups is 3. The topological polar surface area (TPSA) is 96.4 Å². The van der Waals surface area contributed by atoms with Crippen molar-refractivity contribution in [3.63, 3.8) is 0 Å². The van der Waals surface area contributed by atoms with E-state index in [0.717, 1.165) is 10.0 Å². The lowest BCUT2D eigenvalue weighted by molar-refractivity contribution is -0.160. The fourth-order valence-corrected chi connectivity index (χ4v) is 2.35. The van der Waals surface area contributed by atoms with E-state index >= 15 is 0 Å². The quantitative estimate of drug-likeness (QED) is 0.785. The molecule has 2 atom stereocenters. The predicted molar refractivity (Wildman–Crippen MR) is 86.2 cm³/mol. The minimum Gasteiger partial charge on any atom is -0.480 e. The summed E-state index contributed by atoms with van der Waals surface area (Å²) in [5.41, 5.74) is -1.58. The lowest BCUT2D eigenvalue weighted by Gasteiger charge is -2.44. The van der Waals surface area contributed by atoms with E-state index in [0.29, 0.717) is 6.42 Å². The number of nitrogens with zero attached hydrogens (tertiary/aromatic N) is 2. The number of hydrazine groups is 1. The molecule has 0 bridgehead atoms. The lowest BCUT2D eigenvalue weighted by Crippen LogP contribution is -2.63. The van der Waals surface area contributed by atoms with Crippen molar-refractivity contribution in [1.29, 1.82) is 0 Å². The van der Waals surface area contributed by atoms with Gasteiger partial charge in [-0.25, -0.2) is 19.4 Å². The van der Waals surface area contributed by atoms with E-state index < -0.39 is 35.4 Å². The Kier molecular flexibility index (Phi) is 5.74. The molecule has 8 nitrogen and oxygen atoms in total. The Morgan fingerprint density at radius 3 is 1.83 bits per heavy atom. The molecule has 8 heteroatoms. The van der Waals surface area contributed by atoms with Gasteiger partial charge in [-0.2, -0.15) is 5.01 Å². The molecule has 0 aromatic carbocycles. The van der Waals surface area contributed by atoms with Crippen LogP contribution < -0.4 is 0 Å². The summed E-state index contributed by atoms with van der Waals surface area (Å²) in [7, 11) is 0. The van der Waals surface area contributed by atoms with Gasteiger partial charge in [0.1, 0.15) is 11.2 Å². The Bertz CT molecular complexity index is 506. The molecule has 1 heterocycles. The SMILES string of the molecule is C[C@H]1CCN(C(=O)OC(C)(C)C)N(C(=O)OC(C)(C)C)[C@@H]1C(=O)O. The maximum absolute atomic E-state index is 12.5. The number of carbonyl (C=O) groups excluding carboxylic acids is 2. The first-order valence-corrected chi connectivity index (χ1v) is 7.98. The highest BCUT2D eigenvalue weighted by Crippen LogP contribution is 2.27. The molecular weight excluding hydrogens is 316 g/mol. The molecule has 1 saturated heterocycles. The van der Waals surface area contributed by atoms with Crippen molar-refractivity contribution in [2.45, 2.75) is 72.1 Å². The Morgan fingerprint density at radius 2 is 1.42 bits per heavy atom. The molecule has 24 heavy (non-hydrogen) atoms. The molecule has 2 amide bonds. The summed E-state index contributed by atoms with van der Waals surface area (Å²) in [6.45, 7) is 12.0. The van der Waals surface area contributed by atoms with Crippen molar-refractivity contribution >= 4 is 18.2 Å². The molecule has 0 spiro atoms. The second-order valence-electron chi connectivity index (χ2n) is 7.98. The van der Waals surface area contributed by atoms with Gasteiger partial charge < -0.3 is 14.6 Å². The highest BCUT2D eigenvalue weighted by atomic mass is 16.6. The third-order valence-corrected chi connectivity index (χ3v) is 3.30. The molecule has 0 saturated carbocycles. The number of carboxylic acid groups (broad SMARTS) is 1. The van der Waals surface area contributed by atoms with Crippen LogP contribution in [0.1, 0.15) is 54.9 Å². The number of rotatable bonds is 1. The van der Waals surface area contributed by atoms with Crippen molar-refractivity contribution in [2.24, 2.45) is 5.92 Å². The first-order chi connectivity index (χ1) is 10.7. The predicted octanol–water partition coefficient (Wildman–Crippen LogP) is 2.87. The van der Waals surface area contributed by atoms with Gasteiger partial charge in [-0.15, -0.1) is 0 Å². The van der Waals surface area contributed by atoms with Gasteiger partial charge in [0.15, 0.2) is 6.04 Å². The number of hydrogen-bond donors (Lipinski definition) is 1. The fraction of sp³-hybridized carbons (Fsp3) is 0.812. The molecule has 0 aliphatic carbocycles. The van der Waals surface area contributed by atoms with E-state index in [4.69, 9.17) is 9.47 Å². The van der Waals surface area contributed by atoms with Gasteiger partial charge >= 0.3 is 18.2 Å². The molecule has 0 unspecified atom stereocenters. The standard InChI is InChI=1S/C16H28N2O6/c1-10-8-9-17(13(21)23-15(2,3)4)18(11(10)12(19)20)14(22)24-16(5,6)7/h10-11H,8-9H2,1-7H3,(H,19,20)/t10-,11-/m0/s1. The summed E-state index contributed by atoms with van der Waals surface area (Å²) in [6.07, 6.45) is -1.21. The monoisotopic (exact) mass is 344 g/mol. The molecule has 0 aromatic rings. The maximum atomic E-state index is 12.5. The molecule has 0 aromatic heterocycles. The van der Waals surface area contributed by atoms with Crippen LogP contribution in [0.2, 0.25) is 0 Å². The van der Waals surface area contributed by atoms with Crippen LogP contribution in [0.3, 0.4) is 0 Å². The largest absolute Gasteiger partial charge is 0.480 e. The second-order valence-corrected chi connectivity index (χ2v) is 7.98. The Morgan fingerprint density at radius 1 is 0.958 bits per heavy atom. The highest BCUT2D eigenvalue weighted by Gasteiger charge is 2.46. The molecule has 1 N–H and O–H groups in total. The van der Waals surface area contributed by atoms with Crippen LogP contribution in [0.5, 0.6) is 0 Å². The van der Waals surface area contributed by atoms with Gasteiger partial charge in [0.2, 0.25) is 0 Å². The molecule has 0 radical (unpaired) electrons. The van der Waals surface area contributed by atoms with Crippen LogP contribution >= 0.6 is 0 Å². The van der Waals surface area contributed by atoms with Gasteiger partial charge in [0, 0.05) is 6.54 Å². The summed E-state index contributed by atoms with van der Waals surface area (Å²) >= 11 is 0. The summed E-state index contributed by atoms with van der Waals surface area (Å²) in [5.74, 6) is -1.52. The minimum absolute atomic E-state index is 0.180. The van der Waals surface area contributed by atoms with Crippen LogP contribution in [-0.2, 0) is 14.3 Å². The normalized spacial score (nSPS) is 22.1. The van der Waals surface area contributed by atoms with Crippen LogP contribution in [0.4, 0.5) is 9.59 Å². The molecule has 1 aliphatic rings. The second kappa shape index (κ2) is 6.86.